The van der Waals surface area contributed by atoms with Gasteiger partial charge in [0.15, 0.2) is 0 Å². The molecule has 0 fully saturated rings. The molecule has 0 aromatic rings. The van der Waals surface area contributed by atoms with Crippen molar-refractivity contribution in [1.29, 1.82) is 0 Å². The highest BCUT2D eigenvalue weighted by molar-refractivity contribution is 4.56. The van der Waals surface area contributed by atoms with Gasteiger partial charge in [0, 0.05) is 19.6 Å². The highest BCUT2D eigenvalue weighted by Crippen LogP contribution is 2.07. The highest BCUT2D eigenvalue weighted by Gasteiger charge is 2.05. The third-order valence-electron chi connectivity index (χ3n) is 4.60. The van der Waals surface area contributed by atoms with Crippen LogP contribution in [-0.2, 0) is 0 Å². The van der Waals surface area contributed by atoms with E-state index < -0.39 is 0 Å². The van der Waals surface area contributed by atoms with Gasteiger partial charge in [-0.15, -0.1) is 0 Å². The van der Waals surface area contributed by atoms with E-state index in [9.17, 15) is 0 Å². The fourth-order valence-corrected chi connectivity index (χ4v) is 2.98. The summed E-state index contributed by atoms with van der Waals surface area (Å²) in [6.45, 7) is 10.3. The van der Waals surface area contributed by atoms with Crippen molar-refractivity contribution in [2.24, 2.45) is 0 Å². The summed E-state index contributed by atoms with van der Waals surface area (Å²) in [7, 11) is 0. The Balaban J connectivity index is 3.73. The molecule has 0 aliphatic heterocycles. The van der Waals surface area contributed by atoms with Gasteiger partial charge in [0.05, 0.1) is 0 Å². The second-order valence-electron chi connectivity index (χ2n) is 7.06. The van der Waals surface area contributed by atoms with Crippen LogP contribution in [0.1, 0.15) is 117 Å². The van der Waals surface area contributed by atoms with E-state index in [1.807, 2.05) is 0 Å². The third kappa shape index (κ3) is 18.1. The number of hydrogen-bond acceptors (Lipinski definition) is 1. The zero-order valence-corrected chi connectivity index (χ0v) is 16.6. The smallest absolute Gasteiger partial charge is 0.0306 e. The van der Waals surface area contributed by atoms with E-state index in [0.717, 1.165) is 6.54 Å². The predicted molar refractivity (Wildman–Crippen MR) is 105 cm³/mol. The van der Waals surface area contributed by atoms with Crippen molar-refractivity contribution in [2.75, 3.05) is 19.6 Å². The first kappa shape index (κ1) is 22.9. The lowest BCUT2D eigenvalue weighted by atomic mass is 10.1. The Morgan fingerprint density at radius 1 is 0.478 bits per heavy atom. The van der Waals surface area contributed by atoms with Crippen LogP contribution in [0.2, 0.25) is 0 Å². The predicted octanol–water partition coefficient (Wildman–Crippen LogP) is 6.72. The summed E-state index contributed by atoms with van der Waals surface area (Å²) < 4.78 is 0. The van der Waals surface area contributed by atoms with Gasteiger partial charge in [0.25, 0.3) is 0 Å². The fraction of sp³-hybridized carbons (Fsp3) is 1.00. The number of nitrogens with zero attached hydrogens (tertiary/aromatic N) is 2. The summed E-state index contributed by atoms with van der Waals surface area (Å²) in [5.74, 6) is 0. The lowest BCUT2D eigenvalue weighted by Gasteiger charge is -2.21. The quantitative estimate of drug-likeness (QED) is 0.190. The Labute approximate surface area is 147 Å². The van der Waals surface area contributed by atoms with Gasteiger partial charge in [0.2, 0.25) is 0 Å². The van der Waals surface area contributed by atoms with Crippen LogP contribution in [0.15, 0.2) is 0 Å². The van der Waals surface area contributed by atoms with Crippen LogP contribution >= 0.6 is 0 Å². The average molecular weight is 326 g/mol. The Bertz CT molecular complexity index is 192. The van der Waals surface area contributed by atoms with Crippen molar-refractivity contribution in [3.05, 3.63) is 0 Å². The molecule has 0 spiro atoms. The molecule has 23 heavy (non-hydrogen) atoms. The van der Waals surface area contributed by atoms with E-state index in [0.29, 0.717) is 0 Å². The summed E-state index contributed by atoms with van der Waals surface area (Å²) >= 11 is 0. The van der Waals surface area contributed by atoms with Crippen molar-refractivity contribution in [1.82, 2.24) is 10.4 Å². The third-order valence-corrected chi connectivity index (χ3v) is 4.60. The van der Waals surface area contributed by atoms with Gasteiger partial charge < -0.3 is 0 Å². The lowest BCUT2D eigenvalue weighted by Crippen LogP contribution is -2.34. The molecule has 0 amide bonds. The standard InChI is InChI=1S/C21H45N2/c1-4-7-10-13-16-19-22-23(20-17-14-11-8-5-2)21-18-15-12-9-6-3/h4-21H2,1-3H3. The first-order valence-electron chi connectivity index (χ1n) is 10.8. The maximum absolute atomic E-state index is 4.89. The highest BCUT2D eigenvalue weighted by atomic mass is 15.5. The van der Waals surface area contributed by atoms with Crippen LogP contribution in [0.3, 0.4) is 0 Å². The monoisotopic (exact) mass is 325 g/mol. The zero-order valence-electron chi connectivity index (χ0n) is 16.6. The van der Waals surface area contributed by atoms with Crippen LogP contribution in [0.25, 0.3) is 0 Å². The van der Waals surface area contributed by atoms with Gasteiger partial charge in [0.1, 0.15) is 0 Å². The van der Waals surface area contributed by atoms with Gasteiger partial charge in [-0.2, -0.15) is 5.43 Å². The van der Waals surface area contributed by atoms with E-state index in [1.165, 1.54) is 109 Å². The van der Waals surface area contributed by atoms with Gasteiger partial charge in [-0.25, -0.2) is 5.01 Å². The SMILES string of the molecule is CCCCCCC[N]N(CCCCCCC)CCCCCCC. The molecule has 0 heterocycles. The van der Waals surface area contributed by atoms with Crippen molar-refractivity contribution in [3.8, 4) is 0 Å². The molecule has 0 unspecified atom stereocenters. The summed E-state index contributed by atoms with van der Waals surface area (Å²) in [6, 6.07) is 0. The normalized spacial score (nSPS) is 11.5. The molecule has 0 aliphatic rings. The molecule has 0 bridgehead atoms. The van der Waals surface area contributed by atoms with Crippen molar-refractivity contribution in [3.63, 3.8) is 0 Å². The largest absolute Gasteiger partial charge is 0.227 e. The van der Waals surface area contributed by atoms with Crippen molar-refractivity contribution in [2.45, 2.75) is 117 Å². The summed E-state index contributed by atoms with van der Waals surface area (Å²) in [6.07, 6.45) is 20.4. The van der Waals surface area contributed by atoms with Crippen LogP contribution < -0.4 is 5.43 Å². The van der Waals surface area contributed by atoms with E-state index >= 15 is 0 Å². The zero-order chi connectivity index (χ0) is 17.0. The van der Waals surface area contributed by atoms with Crippen molar-refractivity contribution >= 4 is 0 Å². The Morgan fingerprint density at radius 2 is 0.870 bits per heavy atom. The minimum absolute atomic E-state index is 1.05. The second-order valence-corrected chi connectivity index (χ2v) is 7.06. The molecule has 0 rings (SSSR count). The minimum atomic E-state index is 1.05. The first-order chi connectivity index (χ1) is 11.3. The molecule has 2 nitrogen and oxygen atoms in total. The number of hydrogen-bond donors (Lipinski definition) is 0. The van der Waals surface area contributed by atoms with Gasteiger partial charge >= 0.3 is 0 Å². The van der Waals surface area contributed by atoms with E-state index in [-0.39, 0.29) is 0 Å². The summed E-state index contributed by atoms with van der Waals surface area (Å²) in [5.41, 5.74) is 4.89. The molecule has 0 aromatic heterocycles. The molecule has 0 aromatic carbocycles. The van der Waals surface area contributed by atoms with Gasteiger partial charge in [-0.05, 0) is 19.3 Å². The van der Waals surface area contributed by atoms with Crippen molar-refractivity contribution < 1.29 is 0 Å². The molecule has 2 heteroatoms. The second kappa shape index (κ2) is 20.0. The molecule has 0 saturated heterocycles. The van der Waals surface area contributed by atoms with E-state index in [2.05, 4.69) is 25.8 Å². The molecule has 0 saturated carbocycles. The molecular weight excluding hydrogens is 280 g/mol. The Kier molecular flexibility index (Phi) is 19.9. The first-order valence-corrected chi connectivity index (χ1v) is 10.8. The van der Waals surface area contributed by atoms with E-state index in [1.54, 1.807) is 0 Å². The van der Waals surface area contributed by atoms with Crippen LogP contribution in [0.4, 0.5) is 0 Å². The minimum Gasteiger partial charge on any atom is -0.227 e. The molecule has 1 radical (unpaired) electrons. The Hall–Kier alpha value is -0.0800. The van der Waals surface area contributed by atoms with Crippen LogP contribution in [-0.4, -0.2) is 24.6 Å². The fourth-order valence-electron chi connectivity index (χ4n) is 2.98. The topological polar surface area (TPSA) is 17.3 Å². The van der Waals surface area contributed by atoms with Crippen LogP contribution in [0.5, 0.6) is 0 Å². The number of rotatable bonds is 19. The number of unbranched alkanes of at least 4 members (excludes halogenated alkanes) is 12. The molecule has 0 N–H and O–H groups in total. The summed E-state index contributed by atoms with van der Waals surface area (Å²) in [4.78, 5) is 0. The molecule has 0 aliphatic carbocycles. The summed E-state index contributed by atoms with van der Waals surface area (Å²) in [5, 5.41) is 2.40. The molecular formula is C21H45N2. The maximum Gasteiger partial charge on any atom is 0.0306 e. The maximum atomic E-state index is 4.89. The molecule has 139 valence electrons. The van der Waals surface area contributed by atoms with Crippen LogP contribution in [0, 0.1) is 0 Å². The van der Waals surface area contributed by atoms with Gasteiger partial charge in [-0.3, -0.25) is 0 Å². The van der Waals surface area contributed by atoms with Gasteiger partial charge in [-0.1, -0.05) is 97.8 Å². The van der Waals surface area contributed by atoms with E-state index in [4.69, 9.17) is 5.43 Å². The molecule has 0 atom stereocenters. The average Bonchev–Trinajstić information content (AvgIpc) is 2.56. The lowest BCUT2D eigenvalue weighted by molar-refractivity contribution is 0.170. The Morgan fingerprint density at radius 3 is 1.30 bits per heavy atom.